The summed E-state index contributed by atoms with van der Waals surface area (Å²) in [5.74, 6) is 0.123. The van der Waals surface area contributed by atoms with Crippen molar-refractivity contribution in [2.75, 3.05) is 18.5 Å². The largest absolute Gasteiger partial charge is 0.409 e. The van der Waals surface area contributed by atoms with Crippen LogP contribution >= 0.6 is 15.9 Å². The average molecular weight is 272 g/mol. The molecule has 0 fully saturated rings. The minimum absolute atomic E-state index is 0.123. The summed E-state index contributed by atoms with van der Waals surface area (Å²) in [4.78, 5) is 2.03. The molecule has 15 heavy (non-hydrogen) atoms. The number of oxime groups is 1. The van der Waals surface area contributed by atoms with Gasteiger partial charge in [-0.15, -0.1) is 0 Å². The van der Waals surface area contributed by atoms with Crippen molar-refractivity contribution >= 4 is 27.5 Å². The Morgan fingerprint density at radius 3 is 2.80 bits per heavy atom. The molecule has 1 rings (SSSR count). The molecule has 0 radical (unpaired) electrons. The van der Waals surface area contributed by atoms with Gasteiger partial charge in [-0.25, -0.2) is 0 Å². The van der Waals surface area contributed by atoms with Gasteiger partial charge in [-0.3, -0.25) is 0 Å². The van der Waals surface area contributed by atoms with E-state index in [4.69, 9.17) is 10.9 Å². The predicted molar refractivity (Wildman–Crippen MR) is 65.6 cm³/mol. The van der Waals surface area contributed by atoms with Crippen molar-refractivity contribution in [1.82, 2.24) is 0 Å². The van der Waals surface area contributed by atoms with E-state index in [0.29, 0.717) is 0 Å². The summed E-state index contributed by atoms with van der Waals surface area (Å²) >= 11 is 3.39. The zero-order valence-corrected chi connectivity index (χ0v) is 10.3. The average Bonchev–Trinajstić information content (AvgIpc) is 2.26. The van der Waals surface area contributed by atoms with Crippen LogP contribution in [0.15, 0.2) is 27.8 Å². The van der Waals surface area contributed by atoms with Gasteiger partial charge in [0.1, 0.15) is 0 Å². The van der Waals surface area contributed by atoms with E-state index in [9.17, 15) is 0 Å². The fourth-order valence-corrected chi connectivity index (χ4v) is 1.61. The molecule has 5 heteroatoms. The standard InChI is InChI=1S/C10H14BrN3O/c1-3-14(2)9-6-7(11)4-5-8(9)10(12)13-15/h4-6,15H,3H2,1-2H3,(H2,12,13). The fraction of sp³-hybridized carbons (Fsp3) is 0.300. The van der Waals surface area contributed by atoms with Gasteiger partial charge in [-0.1, -0.05) is 21.1 Å². The summed E-state index contributed by atoms with van der Waals surface area (Å²) in [6.45, 7) is 2.89. The Hall–Kier alpha value is -1.23. The van der Waals surface area contributed by atoms with E-state index in [2.05, 4.69) is 21.1 Å². The molecular formula is C10H14BrN3O. The number of benzene rings is 1. The second kappa shape index (κ2) is 5.02. The van der Waals surface area contributed by atoms with E-state index >= 15 is 0 Å². The van der Waals surface area contributed by atoms with Crippen molar-refractivity contribution in [3.63, 3.8) is 0 Å². The number of anilines is 1. The molecule has 0 bridgehead atoms. The lowest BCUT2D eigenvalue weighted by atomic mass is 10.1. The highest BCUT2D eigenvalue weighted by atomic mass is 79.9. The summed E-state index contributed by atoms with van der Waals surface area (Å²) in [6, 6.07) is 5.62. The summed E-state index contributed by atoms with van der Waals surface area (Å²) in [7, 11) is 1.95. The maximum atomic E-state index is 8.67. The molecule has 0 aromatic heterocycles. The fourth-order valence-electron chi connectivity index (χ4n) is 1.26. The molecule has 4 nitrogen and oxygen atoms in total. The third-order valence-electron chi connectivity index (χ3n) is 2.23. The smallest absolute Gasteiger partial charge is 0.172 e. The van der Waals surface area contributed by atoms with E-state index in [1.54, 1.807) is 0 Å². The van der Waals surface area contributed by atoms with Crippen molar-refractivity contribution in [3.8, 4) is 0 Å². The van der Waals surface area contributed by atoms with Crippen LogP contribution in [-0.2, 0) is 0 Å². The first-order valence-electron chi connectivity index (χ1n) is 4.58. The van der Waals surface area contributed by atoms with Crippen LogP contribution in [0, 0.1) is 0 Å². The molecule has 0 spiro atoms. The number of rotatable bonds is 3. The maximum absolute atomic E-state index is 8.67. The van der Waals surface area contributed by atoms with Crippen molar-refractivity contribution < 1.29 is 5.21 Å². The van der Waals surface area contributed by atoms with Gasteiger partial charge < -0.3 is 15.8 Å². The van der Waals surface area contributed by atoms with Gasteiger partial charge in [0.05, 0.1) is 0 Å². The van der Waals surface area contributed by atoms with E-state index in [1.807, 2.05) is 37.1 Å². The van der Waals surface area contributed by atoms with Gasteiger partial charge in [-0.05, 0) is 25.1 Å². The van der Waals surface area contributed by atoms with Crippen LogP contribution in [0.4, 0.5) is 5.69 Å². The van der Waals surface area contributed by atoms with Gasteiger partial charge in [0.25, 0.3) is 0 Å². The summed E-state index contributed by atoms with van der Waals surface area (Å²) < 4.78 is 0.965. The normalized spacial score (nSPS) is 11.5. The van der Waals surface area contributed by atoms with E-state index in [1.165, 1.54) is 0 Å². The summed E-state index contributed by atoms with van der Waals surface area (Å²) in [5.41, 5.74) is 7.26. The van der Waals surface area contributed by atoms with Crippen molar-refractivity contribution in [2.45, 2.75) is 6.92 Å². The molecule has 0 atom stereocenters. The molecule has 0 aliphatic rings. The zero-order chi connectivity index (χ0) is 11.4. The quantitative estimate of drug-likeness (QED) is 0.383. The predicted octanol–water partition coefficient (Wildman–Crippen LogP) is 2.00. The van der Waals surface area contributed by atoms with Crippen LogP contribution in [0.5, 0.6) is 0 Å². The molecule has 1 aromatic rings. The molecule has 0 aliphatic heterocycles. The van der Waals surface area contributed by atoms with Crippen LogP contribution < -0.4 is 10.6 Å². The molecule has 82 valence electrons. The first kappa shape index (κ1) is 11.8. The lowest BCUT2D eigenvalue weighted by Gasteiger charge is -2.20. The lowest BCUT2D eigenvalue weighted by Crippen LogP contribution is -2.22. The molecular weight excluding hydrogens is 258 g/mol. The third kappa shape index (κ3) is 2.62. The topological polar surface area (TPSA) is 61.8 Å². The highest BCUT2D eigenvalue weighted by Crippen LogP contribution is 2.24. The molecule has 0 amide bonds. The Labute approximate surface area is 97.5 Å². The molecule has 0 heterocycles. The minimum Gasteiger partial charge on any atom is -0.409 e. The Morgan fingerprint density at radius 2 is 2.27 bits per heavy atom. The first-order valence-corrected chi connectivity index (χ1v) is 5.38. The van der Waals surface area contributed by atoms with Crippen LogP contribution in [0.3, 0.4) is 0 Å². The zero-order valence-electron chi connectivity index (χ0n) is 8.74. The minimum atomic E-state index is 0.123. The Kier molecular flexibility index (Phi) is 3.96. The number of nitrogens with two attached hydrogens (primary N) is 1. The van der Waals surface area contributed by atoms with Gasteiger partial charge in [0, 0.05) is 29.3 Å². The number of halogens is 1. The molecule has 0 unspecified atom stereocenters. The SMILES string of the molecule is CCN(C)c1cc(Br)ccc1/C(N)=N/O. The molecule has 3 N–H and O–H groups in total. The molecule has 1 aromatic carbocycles. The number of nitrogens with zero attached hydrogens (tertiary/aromatic N) is 2. The van der Waals surface area contributed by atoms with Gasteiger partial charge >= 0.3 is 0 Å². The van der Waals surface area contributed by atoms with E-state index in [0.717, 1.165) is 22.3 Å². The van der Waals surface area contributed by atoms with Crippen LogP contribution in [0.1, 0.15) is 12.5 Å². The summed E-state index contributed by atoms with van der Waals surface area (Å²) in [6.07, 6.45) is 0. The Balaban J connectivity index is 3.26. The Morgan fingerprint density at radius 1 is 1.60 bits per heavy atom. The highest BCUT2D eigenvalue weighted by Gasteiger charge is 2.10. The second-order valence-corrected chi connectivity index (χ2v) is 4.08. The van der Waals surface area contributed by atoms with Crippen LogP contribution in [0.25, 0.3) is 0 Å². The molecule has 0 saturated heterocycles. The van der Waals surface area contributed by atoms with Gasteiger partial charge in [0.2, 0.25) is 0 Å². The van der Waals surface area contributed by atoms with Crippen LogP contribution in [-0.4, -0.2) is 24.6 Å². The van der Waals surface area contributed by atoms with Gasteiger partial charge in [0.15, 0.2) is 5.84 Å². The molecule has 0 saturated carbocycles. The maximum Gasteiger partial charge on any atom is 0.172 e. The number of hydrogen-bond acceptors (Lipinski definition) is 3. The third-order valence-corrected chi connectivity index (χ3v) is 2.72. The lowest BCUT2D eigenvalue weighted by molar-refractivity contribution is 0.318. The number of amidine groups is 1. The van der Waals surface area contributed by atoms with Crippen molar-refractivity contribution in [1.29, 1.82) is 0 Å². The monoisotopic (exact) mass is 271 g/mol. The summed E-state index contributed by atoms with van der Waals surface area (Å²) in [5, 5.41) is 11.7. The van der Waals surface area contributed by atoms with Crippen molar-refractivity contribution in [2.24, 2.45) is 10.9 Å². The molecule has 0 aliphatic carbocycles. The number of hydrogen-bond donors (Lipinski definition) is 2. The van der Waals surface area contributed by atoms with E-state index in [-0.39, 0.29) is 5.84 Å². The Bertz CT molecular complexity index is 379. The van der Waals surface area contributed by atoms with Gasteiger partial charge in [-0.2, -0.15) is 0 Å². The highest BCUT2D eigenvalue weighted by molar-refractivity contribution is 9.10. The van der Waals surface area contributed by atoms with Crippen LogP contribution in [0.2, 0.25) is 0 Å². The van der Waals surface area contributed by atoms with E-state index < -0.39 is 0 Å². The second-order valence-electron chi connectivity index (χ2n) is 3.16. The van der Waals surface area contributed by atoms with Crippen molar-refractivity contribution in [3.05, 3.63) is 28.2 Å². The first-order chi connectivity index (χ1) is 7.10.